The van der Waals surface area contributed by atoms with Crippen molar-refractivity contribution in [3.05, 3.63) is 53.4 Å². The molecule has 1 aromatic carbocycles. The summed E-state index contributed by atoms with van der Waals surface area (Å²) in [5.41, 5.74) is 8.32. The van der Waals surface area contributed by atoms with E-state index in [4.69, 9.17) is 15.3 Å². The molecule has 0 aliphatic carbocycles. The summed E-state index contributed by atoms with van der Waals surface area (Å²) in [5, 5.41) is 14.5. The normalized spacial score (nSPS) is 19.0. The number of thioether (sulfide) groups is 2. The molecule has 0 bridgehead atoms. The number of rotatable bonds is 11. The third-order valence-electron chi connectivity index (χ3n) is 5.06. The molecule has 0 radical (unpaired) electrons. The fraction of sp³-hybridized carbons (Fsp3) is 0.286. The number of ether oxygens (including phenoxy) is 1. The zero-order valence-electron chi connectivity index (χ0n) is 19.1. The number of nitrogens with two attached hydrogens (primary N) is 1. The summed E-state index contributed by atoms with van der Waals surface area (Å²) in [6.07, 6.45) is 1.85. The van der Waals surface area contributed by atoms with Gasteiger partial charge in [-0.15, -0.1) is 22.0 Å². The Morgan fingerprint density at radius 2 is 2.16 bits per heavy atom. The molecule has 5 rings (SSSR count). The van der Waals surface area contributed by atoms with Gasteiger partial charge < -0.3 is 25.5 Å². The van der Waals surface area contributed by atoms with E-state index in [1.165, 1.54) is 11.3 Å². The molecule has 3 N–H and O–H groups in total. The van der Waals surface area contributed by atoms with Crippen molar-refractivity contribution >= 4 is 69.1 Å². The minimum absolute atomic E-state index is 0.0276. The van der Waals surface area contributed by atoms with Crippen LogP contribution in [0.5, 0.6) is 5.75 Å². The number of carbonyl (C=O) groups is 2. The molecule has 1 fully saturated rings. The van der Waals surface area contributed by atoms with E-state index < -0.39 is 11.9 Å². The van der Waals surface area contributed by atoms with Gasteiger partial charge in [0.2, 0.25) is 11.5 Å². The number of anilines is 1. The van der Waals surface area contributed by atoms with Crippen LogP contribution in [0.1, 0.15) is 5.82 Å². The number of β-lactam (4-membered cyclic amide) rings is 1. The van der Waals surface area contributed by atoms with Crippen LogP contribution in [0.4, 0.5) is 5.13 Å². The predicted octanol–water partition coefficient (Wildman–Crippen LogP) is 1.85. The van der Waals surface area contributed by atoms with Gasteiger partial charge in [-0.3, -0.25) is 9.59 Å². The average molecular weight is 577 g/mol. The lowest BCUT2D eigenvalue weighted by Crippen LogP contribution is -2.69. The van der Waals surface area contributed by atoms with Crippen LogP contribution in [0.3, 0.4) is 0 Å². The van der Waals surface area contributed by atoms with Crippen molar-refractivity contribution in [2.24, 2.45) is 5.16 Å². The van der Waals surface area contributed by atoms with Gasteiger partial charge in [-0.05, 0) is 17.7 Å². The third kappa shape index (κ3) is 6.20. The van der Waals surface area contributed by atoms with Crippen LogP contribution in [0.2, 0.25) is 0 Å². The largest absolute Gasteiger partial charge is 0.490 e. The second kappa shape index (κ2) is 11.9. The number of benzene rings is 1. The summed E-state index contributed by atoms with van der Waals surface area (Å²) < 4.78 is 10.5. The molecule has 3 aromatic rings. The number of hydrogen-bond donors (Lipinski definition) is 2. The molecule has 12 nitrogen and oxygen atoms in total. The Hall–Kier alpha value is -3.21. The molecular weight excluding hydrogens is 557 g/mol. The maximum absolute atomic E-state index is 13.1. The highest BCUT2D eigenvalue weighted by molar-refractivity contribution is 8.01. The van der Waals surface area contributed by atoms with E-state index in [1.807, 2.05) is 36.5 Å². The van der Waals surface area contributed by atoms with E-state index in [-0.39, 0.29) is 41.2 Å². The Balaban J connectivity index is 1.17. The first-order valence-corrected chi connectivity index (χ1v) is 14.6. The van der Waals surface area contributed by atoms with Crippen molar-refractivity contribution in [1.29, 1.82) is 0 Å². The molecule has 2 amide bonds. The molecule has 1 saturated heterocycles. The SMILES string of the molecule is Nc1nc(C(=NOCCOc2ccccc2)C(=O)NC2C(=O)N3C=C(CSc4nncs4)CS[C@@H]23)ns1. The van der Waals surface area contributed by atoms with Gasteiger partial charge in [-0.2, -0.15) is 9.36 Å². The summed E-state index contributed by atoms with van der Waals surface area (Å²) >= 11 is 5.57. The summed E-state index contributed by atoms with van der Waals surface area (Å²) in [5.74, 6) is 1.35. The summed E-state index contributed by atoms with van der Waals surface area (Å²) in [6, 6.07) is 8.55. The molecule has 2 aromatic heterocycles. The molecule has 192 valence electrons. The first kappa shape index (κ1) is 25.4. The van der Waals surface area contributed by atoms with Gasteiger partial charge >= 0.3 is 0 Å². The number of nitrogens with zero attached hydrogens (tertiary/aromatic N) is 6. The number of nitrogens with one attached hydrogen (secondary N) is 1. The van der Waals surface area contributed by atoms with Gasteiger partial charge in [-0.1, -0.05) is 46.5 Å². The predicted molar refractivity (Wildman–Crippen MR) is 142 cm³/mol. The molecule has 2 aliphatic heterocycles. The second-order valence-corrected chi connectivity index (χ2v) is 11.5. The molecular formula is C21H20N8O4S4. The molecule has 2 aliphatic rings. The van der Waals surface area contributed by atoms with Crippen LogP contribution in [0.15, 0.2) is 57.1 Å². The van der Waals surface area contributed by atoms with Gasteiger partial charge in [0.25, 0.3) is 11.8 Å². The Labute approximate surface area is 227 Å². The lowest BCUT2D eigenvalue weighted by molar-refractivity contribution is -0.143. The second-order valence-electron chi connectivity index (χ2n) is 7.57. The van der Waals surface area contributed by atoms with Crippen molar-refractivity contribution in [3.63, 3.8) is 0 Å². The summed E-state index contributed by atoms with van der Waals surface area (Å²) in [6.45, 7) is 0.304. The van der Waals surface area contributed by atoms with E-state index in [1.54, 1.807) is 33.9 Å². The van der Waals surface area contributed by atoms with Gasteiger partial charge in [0, 0.05) is 29.2 Å². The van der Waals surface area contributed by atoms with Gasteiger partial charge in [0.05, 0.1) is 0 Å². The molecule has 4 heterocycles. The molecule has 37 heavy (non-hydrogen) atoms. The molecule has 0 saturated carbocycles. The lowest BCUT2D eigenvalue weighted by atomic mass is 10.1. The summed E-state index contributed by atoms with van der Waals surface area (Å²) in [4.78, 5) is 36.9. The first-order chi connectivity index (χ1) is 18.1. The number of nitrogen functional groups attached to an aromatic ring is 1. The zero-order chi connectivity index (χ0) is 25.6. The number of para-hydroxylation sites is 1. The average Bonchev–Trinajstić information content (AvgIpc) is 3.60. The first-order valence-electron chi connectivity index (χ1n) is 10.9. The van der Waals surface area contributed by atoms with Crippen molar-refractivity contribution < 1.29 is 19.2 Å². The Morgan fingerprint density at radius 3 is 2.92 bits per heavy atom. The van der Waals surface area contributed by atoms with E-state index in [0.29, 0.717) is 5.75 Å². The van der Waals surface area contributed by atoms with Crippen molar-refractivity contribution in [3.8, 4) is 5.75 Å². The number of carbonyl (C=O) groups excluding carboxylic acids is 2. The topological polar surface area (TPSA) is 158 Å². The van der Waals surface area contributed by atoms with Crippen LogP contribution in [-0.4, -0.2) is 78.1 Å². The van der Waals surface area contributed by atoms with Crippen LogP contribution < -0.4 is 15.8 Å². The van der Waals surface area contributed by atoms with Crippen molar-refractivity contribution in [1.82, 2.24) is 29.8 Å². The monoisotopic (exact) mass is 576 g/mol. The summed E-state index contributed by atoms with van der Waals surface area (Å²) in [7, 11) is 0. The Morgan fingerprint density at radius 1 is 1.30 bits per heavy atom. The number of amides is 2. The van der Waals surface area contributed by atoms with Crippen LogP contribution in [0.25, 0.3) is 0 Å². The number of fused-ring (bicyclic) bond motifs is 1. The van der Waals surface area contributed by atoms with Crippen LogP contribution >= 0.6 is 46.4 Å². The van der Waals surface area contributed by atoms with Crippen molar-refractivity contribution in [2.75, 3.05) is 30.5 Å². The third-order valence-corrected chi connectivity index (χ3v) is 8.95. The number of oxime groups is 1. The molecule has 2 atom stereocenters. The van der Waals surface area contributed by atoms with E-state index in [9.17, 15) is 9.59 Å². The number of hydrogen-bond acceptors (Lipinski definition) is 14. The maximum atomic E-state index is 13.1. The molecule has 0 spiro atoms. The smallest absolute Gasteiger partial charge is 0.278 e. The minimum Gasteiger partial charge on any atom is -0.490 e. The van der Waals surface area contributed by atoms with E-state index >= 15 is 0 Å². The van der Waals surface area contributed by atoms with Crippen LogP contribution in [0, 0.1) is 0 Å². The zero-order valence-corrected chi connectivity index (χ0v) is 22.3. The Bertz CT molecular complexity index is 1300. The highest BCUT2D eigenvalue weighted by Crippen LogP contribution is 2.37. The fourth-order valence-corrected chi connectivity index (χ4v) is 6.64. The highest BCUT2D eigenvalue weighted by Gasteiger charge is 2.49. The van der Waals surface area contributed by atoms with Gasteiger partial charge in [0.1, 0.15) is 29.3 Å². The van der Waals surface area contributed by atoms with Crippen LogP contribution in [-0.2, 0) is 14.4 Å². The fourth-order valence-electron chi connectivity index (χ4n) is 3.37. The standard InChI is InChI=1S/C21H20N8O4S4/c22-20-25-16(28-37-20)14(27-33-7-6-32-13-4-2-1-3-5-13)17(30)24-15-18(31)29-8-12(9-34-19(15)29)10-35-21-26-23-11-36-21/h1-5,8,11,15,19H,6-7,9-10H2,(H,24,30)(H2,22,25,28)/t15?,19-/m0/s1. The van der Waals surface area contributed by atoms with E-state index in [2.05, 4.69) is 30.0 Å². The minimum atomic E-state index is -0.700. The number of aromatic nitrogens is 4. The maximum Gasteiger partial charge on any atom is 0.278 e. The quantitative estimate of drug-likeness (QED) is 0.113. The van der Waals surface area contributed by atoms with Gasteiger partial charge in [0.15, 0.2) is 16.1 Å². The molecule has 1 unspecified atom stereocenters. The van der Waals surface area contributed by atoms with E-state index in [0.717, 1.165) is 33.0 Å². The molecule has 16 heteroatoms. The lowest BCUT2D eigenvalue weighted by Gasteiger charge is -2.47. The highest BCUT2D eigenvalue weighted by atomic mass is 32.2. The van der Waals surface area contributed by atoms with Gasteiger partial charge in [-0.25, -0.2) is 0 Å². The Kier molecular flexibility index (Phi) is 8.18. The van der Waals surface area contributed by atoms with Crippen molar-refractivity contribution in [2.45, 2.75) is 15.8 Å².